The van der Waals surface area contributed by atoms with Gasteiger partial charge in [0, 0.05) is 26.6 Å². The van der Waals surface area contributed by atoms with Crippen LogP contribution >= 0.6 is 0 Å². The molecule has 0 amide bonds. The monoisotopic (exact) mass is 140 g/mol. The molecule has 0 aliphatic rings. The molecule has 0 atom stereocenters. The molecule has 0 rings (SSSR count). The van der Waals surface area contributed by atoms with Crippen LogP contribution in [0.3, 0.4) is 0 Å². The van der Waals surface area contributed by atoms with E-state index in [1.807, 2.05) is 20.9 Å². The molecule has 1 radical (unpaired) electrons. The van der Waals surface area contributed by atoms with Gasteiger partial charge >= 0.3 is 0 Å². The lowest BCUT2D eigenvalue weighted by atomic mass is 10.1. The first-order valence-electron chi connectivity index (χ1n) is 3.19. The van der Waals surface area contributed by atoms with Crippen LogP contribution in [0.2, 0.25) is 0 Å². The minimum absolute atomic E-state index is 0.128. The number of rotatable bonds is 3. The molecule has 0 saturated heterocycles. The molecular weight excluding hydrogens is 126 g/mol. The molecule has 2 heteroatoms. The van der Waals surface area contributed by atoms with Gasteiger partial charge in [-0.1, -0.05) is 0 Å². The summed E-state index contributed by atoms with van der Waals surface area (Å²) in [4.78, 5) is 1.69. The second-order valence-corrected chi connectivity index (χ2v) is 2.92. The zero-order valence-electron chi connectivity index (χ0n) is 7.06. The van der Waals surface area contributed by atoms with Crippen LogP contribution < -0.4 is 0 Å². The predicted octanol–water partition coefficient (Wildman–Crippen LogP) is 0.890. The summed E-state index contributed by atoms with van der Waals surface area (Å²) in [6.45, 7) is 4.60. The summed E-state index contributed by atoms with van der Waals surface area (Å²) in [5, 5.41) is 0. The second kappa shape index (κ2) is 3.48. The van der Waals surface area contributed by atoms with Crippen molar-refractivity contribution < 1.29 is 4.74 Å². The van der Waals surface area contributed by atoms with E-state index in [1.54, 1.807) is 12.0 Å². The summed E-state index contributed by atoms with van der Waals surface area (Å²) in [6.07, 6.45) is 6.86. The molecule has 0 aromatic carbocycles. The Kier molecular flexibility index (Phi) is 3.24. The average Bonchev–Trinajstić information content (AvgIpc) is 1.86. The molecule has 0 bridgehead atoms. The van der Waals surface area contributed by atoms with Gasteiger partial charge in [-0.15, -0.1) is 0 Å². The third kappa shape index (κ3) is 2.28. The lowest BCUT2D eigenvalue weighted by Crippen LogP contribution is -2.41. The fourth-order valence-corrected chi connectivity index (χ4v) is 0.601. The Morgan fingerprint density at radius 1 is 1.60 bits per heavy atom. The fraction of sp³-hybridized carbons (Fsp3) is 0.750. The largest absolute Gasteiger partial charge is 0.382 e. The van der Waals surface area contributed by atoms with Crippen molar-refractivity contribution in [1.82, 2.24) is 4.90 Å². The van der Waals surface area contributed by atoms with Crippen molar-refractivity contribution in [1.29, 1.82) is 0 Å². The molecule has 0 heterocycles. The summed E-state index contributed by atoms with van der Waals surface area (Å²) in [6, 6.07) is 2.29. The van der Waals surface area contributed by atoms with Crippen LogP contribution in [0.4, 0.5) is 0 Å². The highest BCUT2D eigenvalue weighted by molar-refractivity contribution is 4.89. The Labute approximate surface area is 63.2 Å². The molecule has 0 aliphatic heterocycles. The van der Waals surface area contributed by atoms with Crippen LogP contribution in [-0.4, -0.2) is 31.2 Å². The van der Waals surface area contributed by atoms with Gasteiger partial charge in [0.15, 0.2) is 0 Å². The average molecular weight is 140 g/mol. The van der Waals surface area contributed by atoms with E-state index in [0.29, 0.717) is 6.61 Å². The van der Waals surface area contributed by atoms with Gasteiger partial charge in [-0.25, -0.2) is 0 Å². The van der Waals surface area contributed by atoms with Crippen LogP contribution in [0.15, 0.2) is 0 Å². The van der Waals surface area contributed by atoms with E-state index in [4.69, 9.17) is 11.2 Å². The van der Waals surface area contributed by atoms with Crippen LogP contribution in [0.5, 0.6) is 0 Å². The lowest BCUT2D eigenvalue weighted by molar-refractivity contribution is 0.0826. The van der Waals surface area contributed by atoms with Crippen molar-refractivity contribution >= 4 is 0 Å². The van der Waals surface area contributed by atoms with E-state index in [9.17, 15) is 0 Å². The first kappa shape index (κ1) is 9.32. The van der Waals surface area contributed by atoms with Crippen LogP contribution in [0, 0.1) is 12.5 Å². The minimum atomic E-state index is -0.128. The number of hydrogen-bond acceptors (Lipinski definition) is 2. The molecule has 0 fully saturated rings. The molecule has 0 N–H and O–H groups in total. The van der Waals surface area contributed by atoms with Gasteiger partial charge in [0.05, 0.1) is 12.1 Å². The summed E-state index contributed by atoms with van der Waals surface area (Å²) in [5.41, 5.74) is -0.128. The Morgan fingerprint density at radius 2 is 2.10 bits per heavy atom. The molecule has 0 unspecified atom stereocenters. The summed E-state index contributed by atoms with van der Waals surface area (Å²) in [5.74, 6) is 0. The predicted molar refractivity (Wildman–Crippen MR) is 40.8 cm³/mol. The topological polar surface area (TPSA) is 12.5 Å². The highest BCUT2D eigenvalue weighted by Crippen LogP contribution is 2.10. The molecule has 0 aromatic rings. The molecule has 0 saturated carbocycles. The number of nitrogens with zero attached hydrogens (tertiary/aromatic N) is 1. The fourth-order valence-electron chi connectivity index (χ4n) is 0.601. The van der Waals surface area contributed by atoms with Crippen molar-refractivity contribution in [2.24, 2.45) is 0 Å². The Hall–Kier alpha value is -0.680. The SMILES string of the molecule is [C]#CN(C)C(C)(C)COC. The van der Waals surface area contributed by atoms with Crippen molar-refractivity contribution in [3.05, 3.63) is 6.42 Å². The quantitative estimate of drug-likeness (QED) is 0.426. The van der Waals surface area contributed by atoms with Crippen LogP contribution in [0.25, 0.3) is 0 Å². The van der Waals surface area contributed by atoms with E-state index in [1.165, 1.54) is 0 Å². The van der Waals surface area contributed by atoms with Gasteiger partial charge in [-0.05, 0) is 13.8 Å². The van der Waals surface area contributed by atoms with Crippen molar-refractivity contribution in [3.63, 3.8) is 0 Å². The maximum Gasteiger partial charge on any atom is 0.0696 e. The summed E-state index contributed by atoms with van der Waals surface area (Å²) in [7, 11) is 3.46. The maximum atomic E-state index is 6.86. The summed E-state index contributed by atoms with van der Waals surface area (Å²) >= 11 is 0. The van der Waals surface area contributed by atoms with E-state index in [-0.39, 0.29) is 5.54 Å². The summed E-state index contributed by atoms with van der Waals surface area (Å²) < 4.78 is 4.96. The Balaban J connectivity index is 3.99. The van der Waals surface area contributed by atoms with Gasteiger partial charge < -0.3 is 9.64 Å². The normalized spacial score (nSPS) is 10.7. The highest BCUT2D eigenvalue weighted by atomic mass is 16.5. The second-order valence-electron chi connectivity index (χ2n) is 2.92. The number of ether oxygens (including phenoxy) is 1. The number of likely N-dealkylation sites (N-methyl/N-ethyl adjacent to an activating group) is 1. The van der Waals surface area contributed by atoms with E-state index >= 15 is 0 Å². The van der Waals surface area contributed by atoms with E-state index < -0.39 is 0 Å². The standard InChI is InChI=1S/C8H14NO/c1-6-9(4)8(2,3)7-10-5/h7H2,2-5H3. The lowest BCUT2D eigenvalue weighted by Gasteiger charge is -2.31. The molecule has 0 aliphatic carbocycles. The van der Waals surface area contributed by atoms with Crippen molar-refractivity contribution in [2.75, 3.05) is 20.8 Å². The van der Waals surface area contributed by atoms with E-state index in [2.05, 4.69) is 6.04 Å². The Morgan fingerprint density at radius 3 is 2.40 bits per heavy atom. The molecule has 0 aromatic heterocycles. The van der Waals surface area contributed by atoms with Crippen LogP contribution in [0.1, 0.15) is 13.8 Å². The van der Waals surface area contributed by atoms with Gasteiger partial charge in [-0.3, -0.25) is 0 Å². The first-order valence-corrected chi connectivity index (χ1v) is 3.19. The minimum Gasteiger partial charge on any atom is -0.382 e. The van der Waals surface area contributed by atoms with Gasteiger partial charge in [0.25, 0.3) is 0 Å². The first-order chi connectivity index (χ1) is 4.54. The number of methoxy groups -OCH3 is 1. The smallest absolute Gasteiger partial charge is 0.0696 e. The molecular formula is C8H14NO. The third-order valence-corrected chi connectivity index (χ3v) is 1.57. The third-order valence-electron chi connectivity index (χ3n) is 1.57. The highest BCUT2D eigenvalue weighted by Gasteiger charge is 2.20. The molecule has 0 spiro atoms. The Bertz CT molecular complexity index is 135. The molecule has 57 valence electrons. The zero-order valence-corrected chi connectivity index (χ0v) is 7.06. The number of hydrogen-bond donors (Lipinski definition) is 0. The van der Waals surface area contributed by atoms with Gasteiger partial charge in [0.1, 0.15) is 0 Å². The van der Waals surface area contributed by atoms with Crippen molar-refractivity contribution in [2.45, 2.75) is 19.4 Å². The van der Waals surface area contributed by atoms with Crippen LogP contribution in [-0.2, 0) is 4.74 Å². The van der Waals surface area contributed by atoms with E-state index in [0.717, 1.165) is 0 Å². The molecule has 10 heavy (non-hydrogen) atoms. The van der Waals surface area contributed by atoms with Gasteiger partial charge in [-0.2, -0.15) is 0 Å². The zero-order chi connectivity index (χ0) is 8.20. The molecule has 2 nitrogen and oxygen atoms in total. The van der Waals surface area contributed by atoms with Crippen molar-refractivity contribution in [3.8, 4) is 6.04 Å². The van der Waals surface area contributed by atoms with Gasteiger partial charge in [0.2, 0.25) is 0 Å². The maximum absolute atomic E-state index is 6.86.